The zero-order valence-corrected chi connectivity index (χ0v) is 18.7. The zero-order chi connectivity index (χ0) is 22.0. The Balaban J connectivity index is 1.29. The number of hydrogen-bond acceptors (Lipinski definition) is 4. The molecule has 1 aliphatic heterocycles. The van der Waals surface area contributed by atoms with Gasteiger partial charge in [0.2, 0.25) is 11.5 Å². The molecule has 0 bridgehead atoms. The van der Waals surface area contributed by atoms with E-state index >= 15 is 0 Å². The van der Waals surface area contributed by atoms with Gasteiger partial charge in [-0.3, -0.25) is 14.6 Å². The first-order chi connectivity index (χ1) is 14.9. The number of benzene rings is 1. The number of hydrogen-bond donors (Lipinski definition) is 1. The van der Waals surface area contributed by atoms with E-state index in [2.05, 4.69) is 16.6 Å². The van der Waals surface area contributed by atoms with Gasteiger partial charge in [0.05, 0.1) is 23.9 Å². The topological polar surface area (TPSA) is 79.7 Å². The Kier molecular flexibility index (Phi) is 6.51. The molecule has 166 valence electrons. The van der Waals surface area contributed by atoms with Crippen molar-refractivity contribution in [1.29, 1.82) is 0 Å². The molecule has 0 atom stereocenters. The Hall–Kier alpha value is -2.54. The molecular formula is C23H29ClN4O3. The Morgan fingerprint density at radius 2 is 2.10 bits per heavy atom. The highest BCUT2D eigenvalue weighted by atomic mass is 35.5. The predicted octanol–water partition coefficient (Wildman–Crippen LogP) is 2.89. The first-order valence-corrected chi connectivity index (χ1v) is 11.4. The summed E-state index contributed by atoms with van der Waals surface area (Å²) in [6.45, 7) is 4.78. The number of unbranched alkanes of at least 4 members (excludes halogenated alkanes) is 1. The van der Waals surface area contributed by atoms with Crippen LogP contribution < -0.4 is 21.3 Å². The van der Waals surface area contributed by atoms with Gasteiger partial charge in [-0.1, -0.05) is 37.4 Å². The standard InChI is InChI=1S/C23H29ClN4O3/c1-15-22(30)26-23-25-21-16(14-28(15)23)12-18(13-19(21)24)31-11-7-6-10-20(29)27(2)17-8-4-3-5-9-17/h12-13,17H,1,3-11,14H2,2H3,(H,25,26,30). The molecule has 1 amide bonds. The van der Waals surface area contributed by atoms with Crippen molar-refractivity contribution in [2.24, 2.45) is 4.99 Å². The highest BCUT2D eigenvalue weighted by molar-refractivity contribution is 6.33. The summed E-state index contributed by atoms with van der Waals surface area (Å²) >= 11 is 6.41. The van der Waals surface area contributed by atoms with E-state index in [0.29, 0.717) is 53.0 Å². The van der Waals surface area contributed by atoms with Crippen molar-refractivity contribution in [2.45, 2.75) is 64.0 Å². The van der Waals surface area contributed by atoms with E-state index in [1.165, 1.54) is 19.3 Å². The second kappa shape index (κ2) is 9.30. The van der Waals surface area contributed by atoms with Crippen LogP contribution in [0.3, 0.4) is 0 Å². The lowest BCUT2D eigenvalue weighted by Crippen LogP contribution is -2.38. The Labute approximate surface area is 186 Å². The van der Waals surface area contributed by atoms with Crippen molar-refractivity contribution in [3.05, 3.63) is 44.0 Å². The summed E-state index contributed by atoms with van der Waals surface area (Å²) in [6, 6.07) is 4.06. The fourth-order valence-electron chi connectivity index (χ4n) is 4.40. The van der Waals surface area contributed by atoms with Gasteiger partial charge in [-0.2, -0.15) is 0 Å². The maximum atomic E-state index is 12.4. The monoisotopic (exact) mass is 444 g/mol. The van der Waals surface area contributed by atoms with Gasteiger partial charge < -0.3 is 14.2 Å². The average Bonchev–Trinajstić information content (AvgIpc) is 3.05. The van der Waals surface area contributed by atoms with Crippen LogP contribution in [-0.2, 0) is 11.3 Å². The van der Waals surface area contributed by atoms with Crippen LogP contribution in [0.2, 0.25) is 5.02 Å². The lowest BCUT2D eigenvalue weighted by Gasteiger charge is -2.31. The summed E-state index contributed by atoms with van der Waals surface area (Å²) in [5, 5.41) is 0.852. The summed E-state index contributed by atoms with van der Waals surface area (Å²) in [6.07, 6.45) is 8.15. The van der Waals surface area contributed by atoms with Crippen LogP contribution in [-0.4, -0.2) is 40.1 Å². The lowest BCUT2D eigenvalue weighted by molar-refractivity contribution is -0.132. The first kappa shape index (κ1) is 21.7. The minimum atomic E-state index is -0.247. The van der Waals surface area contributed by atoms with E-state index in [1.807, 2.05) is 18.0 Å². The molecule has 2 heterocycles. The number of H-pyrrole nitrogens is 1. The van der Waals surface area contributed by atoms with E-state index in [1.54, 1.807) is 10.6 Å². The Bertz CT molecular complexity index is 1130. The Morgan fingerprint density at radius 1 is 1.32 bits per heavy atom. The van der Waals surface area contributed by atoms with Crippen LogP contribution in [0.25, 0.3) is 6.58 Å². The van der Waals surface area contributed by atoms with E-state index in [4.69, 9.17) is 16.3 Å². The number of nitrogens with zero attached hydrogens (tertiary/aromatic N) is 3. The van der Waals surface area contributed by atoms with E-state index < -0.39 is 0 Å². The van der Waals surface area contributed by atoms with Gasteiger partial charge in [0.15, 0.2) is 0 Å². The summed E-state index contributed by atoms with van der Waals surface area (Å²) in [5.74, 6) is 0.892. The molecule has 0 radical (unpaired) electrons. The molecule has 2 aromatic rings. The highest BCUT2D eigenvalue weighted by Crippen LogP contribution is 2.34. The molecule has 1 aliphatic carbocycles. The van der Waals surface area contributed by atoms with Gasteiger partial charge in [-0.25, -0.2) is 4.99 Å². The molecule has 1 N–H and O–H groups in total. The second-order valence-corrected chi connectivity index (χ2v) is 8.84. The molecule has 0 saturated heterocycles. The second-order valence-electron chi connectivity index (χ2n) is 8.44. The molecular weight excluding hydrogens is 416 g/mol. The van der Waals surface area contributed by atoms with Gasteiger partial charge in [-0.15, -0.1) is 0 Å². The number of halogens is 1. The predicted molar refractivity (Wildman–Crippen MR) is 121 cm³/mol. The van der Waals surface area contributed by atoms with Crippen molar-refractivity contribution in [3.8, 4) is 5.75 Å². The third kappa shape index (κ3) is 4.71. The molecule has 1 saturated carbocycles. The third-order valence-corrected chi connectivity index (χ3v) is 6.59. The first-order valence-electron chi connectivity index (χ1n) is 11.0. The van der Waals surface area contributed by atoms with Gasteiger partial charge in [0, 0.05) is 31.1 Å². The summed E-state index contributed by atoms with van der Waals surface area (Å²) < 4.78 is 7.62. The van der Waals surface area contributed by atoms with Crippen molar-refractivity contribution in [1.82, 2.24) is 14.5 Å². The maximum Gasteiger partial charge on any atom is 0.274 e. The lowest BCUT2D eigenvalue weighted by atomic mass is 9.94. The van der Waals surface area contributed by atoms with Gasteiger partial charge in [0.1, 0.15) is 11.1 Å². The molecule has 4 rings (SSSR count). The number of carbonyl (C=O) groups excluding carboxylic acids is 1. The number of rotatable bonds is 7. The van der Waals surface area contributed by atoms with E-state index in [-0.39, 0.29) is 11.5 Å². The fraction of sp³-hybridized carbons (Fsp3) is 0.522. The molecule has 1 aromatic carbocycles. The number of amides is 1. The SMILES string of the molecule is C=c1c(=O)[nH]c2n1Cc1cc(OCCCCC(=O)N(C)C3CCCCC3)cc(Cl)c1N=2. The quantitative estimate of drug-likeness (QED) is 0.569. The number of aromatic amines is 1. The van der Waals surface area contributed by atoms with Crippen molar-refractivity contribution in [2.75, 3.05) is 13.7 Å². The van der Waals surface area contributed by atoms with Crippen molar-refractivity contribution in [3.63, 3.8) is 0 Å². The number of nitrogens with one attached hydrogen (secondary N) is 1. The molecule has 1 fully saturated rings. The number of ether oxygens (including phenoxy) is 1. The molecule has 2 aliphatic rings. The van der Waals surface area contributed by atoms with Crippen LogP contribution in [0.5, 0.6) is 5.75 Å². The Morgan fingerprint density at radius 3 is 2.87 bits per heavy atom. The normalized spacial score (nSPS) is 15.7. The van der Waals surface area contributed by atoms with Crippen LogP contribution in [0.1, 0.15) is 56.9 Å². The van der Waals surface area contributed by atoms with Crippen LogP contribution >= 0.6 is 11.6 Å². The van der Waals surface area contributed by atoms with Crippen LogP contribution in [0.15, 0.2) is 21.9 Å². The summed E-state index contributed by atoms with van der Waals surface area (Å²) in [5.41, 5.74) is 1.74. The minimum Gasteiger partial charge on any atom is -0.494 e. The molecule has 1 aromatic heterocycles. The van der Waals surface area contributed by atoms with E-state index in [0.717, 1.165) is 31.2 Å². The minimum absolute atomic E-state index is 0.228. The highest BCUT2D eigenvalue weighted by Gasteiger charge is 2.21. The average molecular weight is 445 g/mol. The van der Waals surface area contributed by atoms with E-state index in [9.17, 15) is 9.59 Å². The molecule has 0 spiro atoms. The largest absolute Gasteiger partial charge is 0.494 e. The van der Waals surface area contributed by atoms with Crippen molar-refractivity contribution >= 4 is 29.8 Å². The maximum absolute atomic E-state index is 12.4. The molecule has 7 nitrogen and oxygen atoms in total. The molecule has 0 unspecified atom stereocenters. The van der Waals surface area contributed by atoms with Gasteiger partial charge in [-0.05, 0) is 31.7 Å². The van der Waals surface area contributed by atoms with Crippen LogP contribution in [0, 0.1) is 0 Å². The smallest absolute Gasteiger partial charge is 0.274 e. The molecule has 8 heteroatoms. The number of imidazole rings is 1. The number of aromatic nitrogens is 2. The summed E-state index contributed by atoms with van der Waals surface area (Å²) in [4.78, 5) is 33.3. The third-order valence-electron chi connectivity index (χ3n) is 6.30. The van der Waals surface area contributed by atoms with Crippen LogP contribution in [0.4, 0.5) is 5.69 Å². The fourth-order valence-corrected chi connectivity index (χ4v) is 4.67. The van der Waals surface area contributed by atoms with Gasteiger partial charge in [0.25, 0.3) is 5.56 Å². The zero-order valence-electron chi connectivity index (χ0n) is 18.0. The number of carbonyl (C=O) groups is 1. The number of fused-ring (bicyclic) bond motifs is 2. The molecule has 31 heavy (non-hydrogen) atoms. The van der Waals surface area contributed by atoms with Gasteiger partial charge >= 0.3 is 0 Å². The van der Waals surface area contributed by atoms with Crippen molar-refractivity contribution < 1.29 is 9.53 Å². The summed E-state index contributed by atoms with van der Waals surface area (Å²) in [7, 11) is 1.94.